The second-order valence-corrected chi connectivity index (χ2v) is 5.94. The van der Waals surface area contributed by atoms with E-state index in [1.807, 2.05) is 0 Å². The largest absolute Gasteiger partial charge is 0.496 e. The molecule has 0 radical (unpaired) electrons. The van der Waals surface area contributed by atoms with Crippen molar-refractivity contribution in [2.45, 2.75) is 6.18 Å². The summed E-state index contributed by atoms with van der Waals surface area (Å²) in [6.07, 6.45) is -3.38. The Balaban J connectivity index is 2.31. The number of nitrogens with one attached hydrogen (secondary N) is 1. The molecule has 2 rings (SSSR count). The molecule has 1 N–H and O–H groups in total. The molecule has 0 amide bonds. The number of anilines is 1. The van der Waals surface area contributed by atoms with Gasteiger partial charge in [0, 0.05) is 17.7 Å². The molecule has 2 aromatic rings. The van der Waals surface area contributed by atoms with Gasteiger partial charge < -0.3 is 9.47 Å². The van der Waals surface area contributed by atoms with Crippen molar-refractivity contribution in [2.24, 2.45) is 5.10 Å². The molecular formula is C16H13BrF3N3O4. The summed E-state index contributed by atoms with van der Waals surface area (Å²) < 4.78 is 49.1. The van der Waals surface area contributed by atoms with E-state index < -0.39 is 22.4 Å². The number of hydrogen-bond acceptors (Lipinski definition) is 6. The molecule has 7 nitrogen and oxygen atoms in total. The van der Waals surface area contributed by atoms with Gasteiger partial charge in [-0.05, 0) is 34.1 Å². The summed E-state index contributed by atoms with van der Waals surface area (Å²) in [5.41, 5.74) is 0.835. The fourth-order valence-electron chi connectivity index (χ4n) is 2.11. The average molecular weight is 448 g/mol. The maximum atomic E-state index is 12.7. The van der Waals surface area contributed by atoms with Gasteiger partial charge in [-0.25, -0.2) is 0 Å². The van der Waals surface area contributed by atoms with Crippen molar-refractivity contribution in [3.63, 3.8) is 0 Å². The van der Waals surface area contributed by atoms with Crippen LogP contribution in [0.3, 0.4) is 0 Å². The first-order valence-corrected chi connectivity index (χ1v) is 8.03. The Morgan fingerprint density at radius 2 is 1.85 bits per heavy atom. The minimum Gasteiger partial charge on any atom is -0.496 e. The van der Waals surface area contributed by atoms with Gasteiger partial charge in [0.2, 0.25) is 0 Å². The van der Waals surface area contributed by atoms with E-state index in [-0.39, 0.29) is 5.69 Å². The number of methoxy groups -OCH3 is 2. The Labute approximate surface area is 160 Å². The van der Waals surface area contributed by atoms with Gasteiger partial charge in [-0.3, -0.25) is 15.5 Å². The van der Waals surface area contributed by atoms with E-state index >= 15 is 0 Å². The maximum Gasteiger partial charge on any atom is 0.416 e. The summed E-state index contributed by atoms with van der Waals surface area (Å²) in [7, 11) is 2.92. The van der Waals surface area contributed by atoms with Crippen molar-refractivity contribution >= 4 is 33.5 Å². The van der Waals surface area contributed by atoms with Gasteiger partial charge in [0.1, 0.15) is 17.2 Å². The first-order chi connectivity index (χ1) is 12.7. The predicted molar refractivity (Wildman–Crippen MR) is 96.6 cm³/mol. The van der Waals surface area contributed by atoms with Crippen LogP contribution in [-0.2, 0) is 6.18 Å². The molecule has 0 bridgehead atoms. The molecule has 2 aromatic carbocycles. The average Bonchev–Trinajstić information content (AvgIpc) is 2.61. The summed E-state index contributed by atoms with van der Waals surface area (Å²) in [5, 5.41) is 14.9. The highest BCUT2D eigenvalue weighted by atomic mass is 79.9. The van der Waals surface area contributed by atoms with E-state index in [0.717, 1.165) is 12.1 Å². The molecule has 0 unspecified atom stereocenters. The minimum absolute atomic E-state index is 0.184. The lowest BCUT2D eigenvalue weighted by atomic mass is 10.1. The first-order valence-electron chi connectivity index (χ1n) is 7.23. The van der Waals surface area contributed by atoms with Crippen LogP contribution in [0.15, 0.2) is 39.9 Å². The van der Waals surface area contributed by atoms with E-state index in [0.29, 0.717) is 27.6 Å². The van der Waals surface area contributed by atoms with Crippen molar-refractivity contribution < 1.29 is 27.6 Å². The van der Waals surface area contributed by atoms with E-state index in [1.165, 1.54) is 20.4 Å². The van der Waals surface area contributed by atoms with E-state index in [1.54, 1.807) is 12.1 Å². The van der Waals surface area contributed by atoms with Gasteiger partial charge in [0.25, 0.3) is 5.69 Å². The van der Waals surface area contributed by atoms with Crippen LogP contribution < -0.4 is 14.9 Å². The smallest absolute Gasteiger partial charge is 0.416 e. The third-order valence-corrected chi connectivity index (χ3v) is 4.03. The molecule has 0 heterocycles. The van der Waals surface area contributed by atoms with Crippen molar-refractivity contribution in [3.05, 3.63) is 56.0 Å². The van der Waals surface area contributed by atoms with Crippen LogP contribution in [0.5, 0.6) is 11.5 Å². The predicted octanol–water partition coefficient (Wildman–Crippen LogP) is 4.84. The van der Waals surface area contributed by atoms with Gasteiger partial charge >= 0.3 is 6.18 Å². The van der Waals surface area contributed by atoms with Crippen LogP contribution >= 0.6 is 15.9 Å². The van der Waals surface area contributed by atoms with E-state index in [4.69, 9.17) is 9.47 Å². The number of hydrogen-bond donors (Lipinski definition) is 1. The van der Waals surface area contributed by atoms with Crippen LogP contribution in [0.25, 0.3) is 0 Å². The van der Waals surface area contributed by atoms with Gasteiger partial charge in [-0.1, -0.05) is 0 Å². The summed E-state index contributed by atoms with van der Waals surface area (Å²) in [5.74, 6) is 0.942. The summed E-state index contributed by atoms with van der Waals surface area (Å²) >= 11 is 3.31. The standard InChI is InChI=1S/C16H13BrF3N3O4/c1-26-14-7-15(27-2)11(17)5-9(14)8-21-22-12-4-3-10(16(18,19)20)6-13(12)23(24)25/h3-8,22H,1-2H3/b21-8-. The van der Waals surface area contributed by atoms with Crippen LogP contribution in [0, 0.1) is 10.1 Å². The van der Waals surface area contributed by atoms with Crippen molar-refractivity contribution in [2.75, 3.05) is 19.6 Å². The van der Waals surface area contributed by atoms with Crippen molar-refractivity contribution in [3.8, 4) is 11.5 Å². The Hall–Kier alpha value is -2.82. The monoisotopic (exact) mass is 447 g/mol. The molecule has 0 saturated carbocycles. The third-order valence-electron chi connectivity index (χ3n) is 3.41. The summed E-state index contributed by atoms with van der Waals surface area (Å²) in [6.45, 7) is 0. The molecule has 0 atom stereocenters. The second kappa shape index (κ2) is 8.25. The third kappa shape index (κ3) is 4.88. The van der Waals surface area contributed by atoms with E-state index in [2.05, 4.69) is 26.5 Å². The molecule has 0 aliphatic heterocycles. The van der Waals surface area contributed by atoms with Crippen LogP contribution in [-0.4, -0.2) is 25.4 Å². The quantitative estimate of drug-likeness (QED) is 0.389. The molecule has 0 spiro atoms. The zero-order chi connectivity index (χ0) is 20.2. The van der Waals surface area contributed by atoms with Crippen LogP contribution in [0.2, 0.25) is 0 Å². The zero-order valence-electron chi connectivity index (χ0n) is 14.0. The number of alkyl halides is 3. The Kier molecular flexibility index (Phi) is 6.26. The number of benzene rings is 2. The summed E-state index contributed by atoms with van der Waals surface area (Å²) in [4.78, 5) is 10.1. The van der Waals surface area contributed by atoms with Crippen LogP contribution in [0.1, 0.15) is 11.1 Å². The lowest BCUT2D eigenvalue weighted by molar-refractivity contribution is -0.384. The number of nitrogens with zero attached hydrogens (tertiary/aromatic N) is 2. The number of halogens is 4. The Bertz CT molecular complexity index is 888. The van der Waals surface area contributed by atoms with Gasteiger partial charge in [-0.15, -0.1) is 0 Å². The van der Waals surface area contributed by atoms with Crippen molar-refractivity contribution in [1.82, 2.24) is 0 Å². The lowest BCUT2D eigenvalue weighted by Crippen LogP contribution is -2.06. The molecule has 0 aliphatic rings. The highest BCUT2D eigenvalue weighted by Crippen LogP contribution is 2.35. The fourth-order valence-corrected chi connectivity index (χ4v) is 2.63. The molecule has 11 heteroatoms. The van der Waals surface area contributed by atoms with Gasteiger partial charge in [0.15, 0.2) is 0 Å². The maximum absolute atomic E-state index is 12.7. The van der Waals surface area contributed by atoms with Crippen molar-refractivity contribution in [1.29, 1.82) is 0 Å². The molecule has 27 heavy (non-hydrogen) atoms. The fraction of sp³-hybridized carbons (Fsp3) is 0.188. The zero-order valence-corrected chi connectivity index (χ0v) is 15.6. The molecule has 144 valence electrons. The number of nitro benzene ring substituents is 1. The Morgan fingerprint density at radius 1 is 1.19 bits per heavy atom. The molecule has 0 fully saturated rings. The topological polar surface area (TPSA) is 86.0 Å². The SMILES string of the molecule is COc1cc(OC)c(/C=N\Nc2ccc(C(F)(F)F)cc2[N+](=O)[O-])cc1Br. The highest BCUT2D eigenvalue weighted by Gasteiger charge is 2.33. The lowest BCUT2D eigenvalue weighted by Gasteiger charge is -2.10. The van der Waals surface area contributed by atoms with Gasteiger partial charge in [-0.2, -0.15) is 18.3 Å². The normalized spacial score (nSPS) is 11.5. The highest BCUT2D eigenvalue weighted by molar-refractivity contribution is 9.10. The number of rotatable bonds is 6. The van der Waals surface area contributed by atoms with Gasteiger partial charge in [0.05, 0.1) is 35.4 Å². The second-order valence-electron chi connectivity index (χ2n) is 5.09. The number of nitro groups is 1. The summed E-state index contributed by atoms with van der Waals surface area (Å²) in [6, 6.07) is 5.37. The Morgan fingerprint density at radius 3 is 2.41 bits per heavy atom. The minimum atomic E-state index is -4.69. The molecular weight excluding hydrogens is 435 g/mol. The molecule has 0 aromatic heterocycles. The van der Waals surface area contributed by atoms with Crippen LogP contribution in [0.4, 0.5) is 24.5 Å². The first kappa shape index (κ1) is 20.5. The molecule has 0 aliphatic carbocycles. The van der Waals surface area contributed by atoms with E-state index in [9.17, 15) is 23.3 Å². The number of ether oxygens (including phenoxy) is 2. The molecule has 0 saturated heterocycles. The number of hydrazone groups is 1.